The van der Waals surface area contributed by atoms with Crippen LogP contribution in [0.25, 0.3) is 0 Å². The fourth-order valence-electron chi connectivity index (χ4n) is 0.592. The zero-order valence-electron chi connectivity index (χ0n) is 4.73. The monoisotopic (exact) mass is 143 g/mol. The average molecular weight is 143 g/mol. The summed E-state index contributed by atoms with van der Waals surface area (Å²) in [6, 6.07) is 0. The predicted octanol–water partition coefficient (Wildman–Crippen LogP) is 1.46. The van der Waals surface area contributed by atoms with Crippen LogP contribution < -0.4 is 5.73 Å². The first kappa shape index (κ1) is 6.42. The highest BCUT2D eigenvalue weighted by molar-refractivity contribution is 7.80. The van der Waals surface area contributed by atoms with Crippen LogP contribution in [0.4, 0.5) is 4.39 Å². The summed E-state index contributed by atoms with van der Waals surface area (Å²) < 4.78 is 12.4. The molecule has 2 N–H and O–H groups in total. The van der Waals surface area contributed by atoms with Crippen molar-refractivity contribution in [1.29, 1.82) is 0 Å². The first-order valence-corrected chi connectivity index (χ1v) is 2.97. The van der Waals surface area contributed by atoms with Crippen molar-refractivity contribution in [3.05, 3.63) is 23.7 Å². The van der Waals surface area contributed by atoms with Gasteiger partial charge in [-0.15, -0.1) is 0 Å². The molecule has 0 radical (unpaired) electrons. The lowest BCUT2D eigenvalue weighted by Crippen LogP contribution is -2.05. The Bertz CT molecular complexity index is 205. The van der Waals surface area contributed by atoms with Crippen LogP contribution in [-0.2, 0) is 0 Å². The normalized spacial score (nSPS) is 19.0. The van der Waals surface area contributed by atoms with Crippen molar-refractivity contribution in [3.63, 3.8) is 0 Å². The van der Waals surface area contributed by atoms with E-state index in [-0.39, 0.29) is 5.70 Å². The van der Waals surface area contributed by atoms with E-state index in [0.29, 0.717) is 11.3 Å². The minimum absolute atomic E-state index is 0.198. The van der Waals surface area contributed by atoms with Gasteiger partial charge in [-0.05, 0) is 6.08 Å². The number of halogens is 1. The van der Waals surface area contributed by atoms with Gasteiger partial charge in [0.2, 0.25) is 0 Å². The van der Waals surface area contributed by atoms with E-state index in [1.807, 2.05) is 0 Å². The van der Waals surface area contributed by atoms with E-state index in [1.165, 1.54) is 6.08 Å². The molecule has 0 spiro atoms. The van der Waals surface area contributed by atoms with Crippen molar-refractivity contribution in [2.75, 3.05) is 0 Å². The van der Waals surface area contributed by atoms with Gasteiger partial charge < -0.3 is 5.73 Å². The molecule has 0 aromatic rings. The van der Waals surface area contributed by atoms with E-state index in [1.54, 1.807) is 6.08 Å². The zero-order chi connectivity index (χ0) is 6.85. The molecule has 0 atom stereocenters. The van der Waals surface area contributed by atoms with Gasteiger partial charge in [0.1, 0.15) is 5.83 Å². The van der Waals surface area contributed by atoms with E-state index in [2.05, 4.69) is 0 Å². The molecule has 0 heterocycles. The number of thiocarbonyl (C=S) groups is 1. The van der Waals surface area contributed by atoms with Crippen molar-refractivity contribution < 1.29 is 4.39 Å². The third-order valence-electron chi connectivity index (χ3n) is 1.09. The maximum Gasteiger partial charge on any atom is 0.146 e. The number of nitrogens with two attached hydrogens (primary N) is 1. The first-order valence-electron chi connectivity index (χ1n) is 2.56. The van der Waals surface area contributed by atoms with E-state index >= 15 is 0 Å². The highest BCUT2D eigenvalue weighted by Gasteiger charge is 2.05. The lowest BCUT2D eigenvalue weighted by molar-refractivity contribution is 0.647. The lowest BCUT2D eigenvalue weighted by Gasteiger charge is -2.03. The molecule has 1 aliphatic rings. The summed E-state index contributed by atoms with van der Waals surface area (Å²) in [5.74, 6) is -0.411. The van der Waals surface area contributed by atoms with Crippen LogP contribution in [0.15, 0.2) is 23.7 Å². The van der Waals surface area contributed by atoms with Gasteiger partial charge in [0.15, 0.2) is 0 Å². The molecule has 9 heavy (non-hydrogen) atoms. The van der Waals surface area contributed by atoms with Crippen molar-refractivity contribution >= 4 is 17.1 Å². The van der Waals surface area contributed by atoms with Crippen LogP contribution in [-0.4, -0.2) is 4.86 Å². The van der Waals surface area contributed by atoms with Gasteiger partial charge in [0.05, 0.1) is 5.70 Å². The van der Waals surface area contributed by atoms with Gasteiger partial charge in [-0.2, -0.15) is 0 Å². The van der Waals surface area contributed by atoms with E-state index in [9.17, 15) is 4.39 Å². The van der Waals surface area contributed by atoms with Crippen molar-refractivity contribution in [2.24, 2.45) is 5.73 Å². The highest BCUT2D eigenvalue weighted by Crippen LogP contribution is 2.13. The molecule has 1 nitrogen and oxygen atoms in total. The Labute approximate surface area is 58.0 Å². The summed E-state index contributed by atoms with van der Waals surface area (Å²) in [4.78, 5) is 0.599. The molecule has 0 unspecified atom stereocenters. The van der Waals surface area contributed by atoms with Gasteiger partial charge in [0.25, 0.3) is 0 Å². The molecule has 3 heteroatoms. The quantitative estimate of drug-likeness (QED) is 0.519. The fourth-order valence-corrected chi connectivity index (χ4v) is 0.778. The summed E-state index contributed by atoms with van der Waals surface area (Å²) in [6.07, 6.45) is 3.46. The number of hydrogen-bond donors (Lipinski definition) is 1. The van der Waals surface area contributed by atoms with Crippen LogP contribution in [0, 0.1) is 0 Å². The first-order chi connectivity index (χ1) is 4.20. The third-order valence-corrected chi connectivity index (χ3v) is 1.37. The summed E-state index contributed by atoms with van der Waals surface area (Å²) in [7, 11) is 0. The van der Waals surface area contributed by atoms with E-state index in [4.69, 9.17) is 18.0 Å². The van der Waals surface area contributed by atoms with Crippen LogP contribution >= 0.6 is 12.2 Å². The van der Waals surface area contributed by atoms with Gasteiger partial charge in [-0.3, -0.25) is 0 Å². The average Bonchev–Trinajstić information content (AvgIpc) is 1.80. The number of rotatable bonds is 0. The molecule has 0 aromatic carbocycles. The number of allylic oxidation sites excluding steroid dienone is 3. The standard InChI is InChI=1S/C6H6FNS/c7-5-3-4(9)1-2-6(5)8/h2-3H,1,8H2. The lowest BCUT2D eigenvalue weighted by atomic mass is 10.1. The second-order valence-corrected chi connectivity index (χ2v) is 2.35. The predicted molar refractivity (Wildman–Crippen MR) is 38.7 cm³/mol. The fraction of sp³-hybridized carbons (Fsp3) is 0.167. The molecule has 0 bridgehead atoms. The molecule has 0 saturated carbocycles. The van der Waals surface area contributed by atoms with Gasteiger partial charge in [-0.1, -0.05) is 18.3 Å². The Morgan fingerprint density at radius 1 is 1.67 bits per heavy atom. The van der Waals surface area contributed by atoms with E-state index in [0.717, 1.165) is 0 Å². The Kier molecular flexibility index (Phi) is 1.62. The van der Waals surface area contributed by atoms with Gasteiger partial charge in [-0.25, -0.2) is 4.39 Å². The van der Waals surface area contributed by atoms with Crippen LogP contribution in [0.1, 0.15) is 6.42 Å². The minimum atomic E-state index is -0.411. The van der Waals surface area contributed by atoms with E-state index < -0.39 is 5.83 Å². The summed E-state index contributed by atoms with van der Waals surface area (Å²) in [5, 5.41) is 0. The molecule has 0 amide bonds. The molecule has 1 aliphatic carbocycles. The smallest absolute Gasteiger partial charge is 0.146 e. The largest absolute Gasteiger partial charge is 0.397 e. The topological polar surface area (TPSA) is 26.0 Å². The minimum Gasteiger partial charge on any atom is -0.397 e. The summed E-state index contributed by atoms with van der Waals surface area (Å²) in [5.41, 5.74) is 5.40. The third kappa shape index (κ3) is 1.36. The van der Waals surface area contributed by atoms with Crippen LogP contribution in [0.5, 0.6) is 0 Å². The molecule has 0 aromatic heterocycles. The molecule has 48 valence electrons. The van der Waals surface area contributed by atoms with Gasteiger partial charge >= 0.3 is 0 Å². The Hall–Kier alpha value is -0.700. The Morgan fingerprint density at radius 2 is 2.33 bits per heavy atom. The molecule has 0 fully saturated rings. The maximum atomic E-state index is 12.4. The molecule has 1 rings (SSSR count). The summed E-state index contributed by atoms with van der Waals surface area (Å²) >= 11 is 4.72. The molecule has 0 aliphatic heterocycles. The SMILES string of the molecule is NC1=CCC(=S)C=C1F. The Balaban J connectivity index is 2.87. The Morgan fingerprint density at radius 3 is 2.78 bits per heavy atom. The summed E-state index contributed by atoms with van der Waals surface area (Å²) in [6.45, 7) is 0. The maximum absolute atomic E-state index is 12.4. The van der Waals surface area contributed by atoms with Gasteiger partial charge in [0, 0.05) is 11.3 Å². The molecule has 0 saturated heterocycles. The highest BCUT2D eigenvalue weighted by atomic mass is 32.1. The second-order valence-electron chi connectivity index (χ2n) is 1.82. The van der Waals surface area contributed by atoms with Crippen molar-refractivity contribution in [3.8, 4) is 0 Å². The van der Waals surface area contributed by atoms with Crippen molar-refractivity contribution in [2.45, 2.75) is 6.42 Å². The van der Waals surface area contributed by atoms with Crippen LogP contribution in [0.2, 0.25) is 0 Å². The zero-order valence-corrected chi connectivity index (χ0v) is 5.54. The van der Waals surface area contributed by atoms with Crippen molar-refractivity contribution in [1.82, 2.24) is 0 Å². The second kappa shape index (κ2) is 2.27. The van der Waals surface area contributed by atoms with Crippen LogP contribution in [0.3, 0.4) is 0 Å². The molecular weight excluding hydrogens is 137 g/mol. The number of hydrogen-bond acceptors (Lipinski definition) is 2. The molecular formula is C6H6FNS.